The molecule has 0 saturated carbocycles. The number of hydrogen-bond donors (Lipinski definition) is 1. The molecule has 1 heterocycles. The van der Waals surface area contributed by atoms with E-state index in [-0.39, 0.29) is 0 Å². The molecule has 0 aliphatic heterocycles. The summed E-state index contributed by atoms with van der Waals surface area (Å²) >= 11 is 0. The van der Waals surface area contributed by atoms with Crippen LogP contribution in [0.1, 0.15) is 16.7 Å². The number of nitrogens with zero attached hydrogens (tertiary/aromatic N) is 2. The van der Waals surface area contributed by atoms with Crippen LogP contribution in [-0.4, -0.2) is 29.3 Å². The third-order valence-corrected chi connectivity index (χ3v) is 4.47. The molecule has 24 heavy (non-hydrogen) atoms. The first-order valence-corrected chi connectivity index (χ1v) is 8.43. The van der Waals surface area contributed by atoms with Gasteiger partial charge in [-0.25, -0.2) is 4.98 Å². The maximum atomic E-state index is 5.61. The van der Waals surface area contributed by atoms with E-state index in [4.69, 9.17) is 15.5 Å². The molecule has 126 valence electrons. The molecule has 0 amide bonds. The van der Waals surface area contributed by atoms with Crippen LogP contribution in [0.4, 0.5) is 0 Å². The average Bonchev–Trinajstić information content (AvgIpc) is 2.90. The van der Waals surface area contributed by atoms with Gasteiger partial charge < -0.3 is 15.0 Å². The second kappa shape index (κ2) is 7.16. The fraction of sp³-hybridized carbons (Fsp3) is 0.350. The number of rotatable bonds is 6. The first-order chi connectivity index (χ1) is 11.6. The molecule has 1 aromatic heterocycles. The Morgan fingerprint density at radius 3 is 2.50 bits per heavy atom. The van der Waals surface area contributed by atoms with Gasteiger partial charge in [0, 0.05) is 18.7 Å². The second-order valence-electron chi connectivity index (χ2n) is 6.23. The van der Waals surface area contributed by atoms with Crippen molar-refractivity contribution in [1.82, 2.24) is 9.55 Å². The summed E-state index contributed by atoms with van der Waals surface area (Å²) in [6.45, 7) is 8.94. The summed E-state index contributed by atoms with van der Waals surface area (Å²) < 4.78 is 7.87. The highest BCUT2D eigenvalue weighted by atomic mass is 16.5. The van der Waals surface area contributed by atoms with Crippen LogP contribution in [0.5, 0.6) is 0 Å². The monoisotopic (exact) mass is 323 g/mol. The van der Waals surface area contributed by atoms with E-state index in [1.165, 1.54) is 22.3 Å². The highest BCUT2D eigenvalue weighted by Crippen LogP contribution is 2.28. The molecule has 0 saturated heterocycles. The zero-order chi connectivity index (χ0) is 17.1. The van der Waals surface area contributed by atoms with Crippen LogP contribution in [0.2, 0.25) is 0 Å². The lowest BCUT2D eigenvalue weighted by Crippen LogP contribution is -2.13. The zero-order valence-electron chi connectivity index (χ0n) is 14.7. The van der Waals surface area contributed by atoms with Crippen LogP contribution in [0, 0.1) is 20.8 Å². The number of benzene rings is 2. The number of ether oxygens (including phenoxy) is 1. The molecule has 0 aliphatic rings. The Morgan fingerprint density at radius 1 is 1.00 bits per heavy atom. The van der Waals surface area contributed by atoms with E-state index >= 15 is 0 Å². The predicted octanol–water partition coefficient (Wildman–Crippen LogP) is 3.60. The smallest absolute Gasteiger partial charge is 0.141 e. The Balaban J connectivity index is 2.11. The van der Waals surface area contributed by atoms with Crippen LogP contribution in [0.15, 0.2) is 36.4 Å². The van der Waals surface area contributed by atoms with Gasteiger partial charge in [0.15, 0.2) is 0 Å². The minimum absolute atomic E-state index is 0.549. The summed E-state index contributed by atoms with van der Waals surface area (Å²) in [5, 5.41) is 0. The quantitative estimate of drug-likeness (QED) is 0.705. The van der Waals surface area contributed by atoms with E-state index in [0.29, 0.717) is 19.8 Å². The molecule has 4 heteroatoms. The summed E-state index contributed by atoms with van der Waals surface area (Å²) in [6.07, 6.45) is 0. The van der Waals surface area contributed by atoms with E-state index < -0.39 is 0 Å². The summed E-state index contributed by atoms with van der Waals surface area (Å²) in [7, 11) is 0. The normalized spacial score (nSPS) is 11.3. The molecule has 2 N–H and O–H groups in total. The molecule has 0 unspecified atom stereocenters. The van der Waals surface area contributed by atoms with Gasteiger partial charge in [0.05, 0.1) is 24.2 Å². The summed E-state index contributed by atoms with van der Waals surface area (Å²) in [6, 6.07) is 12.8. The average molecular weight is 323 g/mol. The van der Waals surface area contributed by atoms with Crippen molar-refractivity contribution >= 4 is 11.0 Å². The largest absolute Gasteiger partial charge is 0.378 e. The van der Waals surface area contributed by atoms with Crippen molar-refractivity contribution in [2.24, 2.45) is 5.73 Å². The van der Waals surface area contributed by atoms with Gasteiger partial charge in [0.2, 0.25) is 0 Å². The third-order valence-electron chi connectivity index (χ3n) is 4.47. The zero-order valence-corrected chi connectivity index (χ0v) is 14.7. The second-order valence-corrected chi connectivity index (χ2v) is 6.23. The van der Waals surface area contributed by atoms with E-state index in [9.17, 15) is 0 Å². The Labute approximate surface area is 143 Å². The summed E-state index contributed by atoms with van der Waals surface area (Å²) in [5.74, 6) is 1.00. The number of nitrogens with two attached hydrogens (primary N) is 1. The molecule has 0 bridgehead atoms. The molecule has 3 rings (SSSR count). The van der Waals surface area contributed by atoms with E-state index in [1.54, 1.807) is 0 Å². The molecule has 0 atom stereocenters. The van der Waals surface area contributed by atoms with Gasteiger partial charge in [-0.2, -0.15) is 0 Å². The summed E-state index contributed by atoms with van der Waals surface area (Å²) in [5.41, 5.74) is 12.7. The molecule has 0 fully saturated rings. The number of fused-ring (bicyclic) bond motifs is 1. The van der Waals surface area contributed by atoms with Gasteiger partial charge in [0.25, 0.3) is 0 Å². The van der Waals surface area contributed by atoms with Crippen molar-refractivity contribution in [3.8, 4) is 11.4 Å². The number of aryl methyl sites for hydroxylation is 3. The van der Waals surface area contributed by atoms with Gasteiger partial charge in [-0.15, -0.1) is 0 Å². The highest BCUT2D eigenvalue weighted by Gasteiger charge is 2.15. The Morgan fingerprint density at radius 2 is 1.75 bits per heavy atom. The molecule has 0 spiro atoms. The van der Waals surface area contributed by atoms with Gasteiger partial charge in [-0.1, -0.05) is 24.3 Å². The van der Waals surface area contributed by atoms with Crippen molar-refractivity contribution in [2.45, 2.75) is 27.3 Å². The molecule has 4 nitrogen and oxygen atoms in total. The van der Waals surface area contributed by atoms with Crippen LogP contribution in [-0.2, 0) is 11.3 Å². The molecule has 3 aromatic rings. The lowest BCUT2D eigenvalue weighted by molar-refractivity contribution is 0.134. The summed E-state index contributed by atoms with van der Waals surface area (Å²) in [4.78, 5) is 4.93. The van der Waals surface area contributed by atoms with Crippen LogP contribution >= 0.6 is 0 Å². The first-order valence-electron chi connectivity index (χ1n) is 8.43. The predicted molar refractivity (Wildman–Crippen MR) is 99.3 cm³/mol. The number of imidazole rings is 1. The molecular weight excluding hydrogens is 298 g/mol. The molecule has 0 aliphatic carbocycles. The van der Waals surface area contributed by atoms with Crippen molar-refractivity contribution in [1.29, 1.82) is 0 Å². The van der Waals surface area contributed by atoms with Crippen LogP contribution in [0.25, 0.3) is 22.4 Å². The lowest BCUT2D eigenvalue weighted by atomic mass is 10.1. The van der Waals surface area contributed by atoms with Crippen molar-refractivity contribution in [3.05, 3.63) is 53.1 Å². The SMILES string of the molecule is Cc1cc2nc(-c3ccccc3C)n(CCOCCN)c2cc1C. The van der Waals surface area contributed by atoms with E-state index in [2.05, 4.69) is 61.7 Å². The minimum atomic E-state index is 0.549. The fourth-order valence-corrected chi connectivity index (χ4v) is 2.98. The van der Waals surface area contributed by atoms with E-state index in [0.717, 1.165) is 23.4 Å². The van der Waals surface area contributed by atoms with Crippen LogP contribution < -0.4 is 5.73 Å². The Hall–Kier alpha value is -2.17. The maximum Gasteiger partial charge on any atom is 0.141 e. The number of aromatic nitrogens is 2. The lowest BCUT2D eigenvalue weighted by Gasteiger charge is -2.12. The third kappa shape index (κ3) is 3.21. The highest BCUT2D eigenvalue weighted by molar-refractivity contribution is 5.82. The Bertz CT molecular complexity index is 851. The topological polar surface area (TPSA) is 53.1 Å². The molecule has 0 radical (unpaired) electrons. The van der Waals surface area contributed by atoms with E-state index in [1.807, 2.05) is 0 Å². The maximum absolute atomic E-state index is 5.61. The standard InChI is InChI=1S/C20H25N3O/c1-14-6-4-5-7-17(14)20-22-18-12-15(2)16(3)13-19(18)23(20)9-11-24-10-8-21/h4-7,12-13H,8-11,21H2,1-3H3. The molecule has 2 aromatic carbocycles. The van der Waals surface area contributed by atoms with Gasteiger partial charge in [-0.3, -0.25) is 0 Å². The van der Waals surface area contributed by atoms with Crippen LogP contribution in [0.3, 0.4) is 0 Å². The molecular formula is C20H25N3O. The number of hydrogen-bond acceptors (Lipinski definition) is 3. The van der Waals surface area contributed by atoms with Gasteiger partial charge in [0.1, 0.15) is 5.82 Å². The van der Waals surface area contributed by atoms with Gasteiger partial charge in [-0.05, 0) is 49.6 Å². The Kier molecular flexibility index (Phi) is 4.97. The first kappa shape index (κ1) is 16.7. The van der Waals surface area contributed by atoms with Crippen molar-refractivity contribution in [3.63, 3.8) is 0 Å². The minimum Gasteiger partial charge on any atom is -0.378 e. The van der Waals surface area contributed by atoms with Gasteiger partial charge >= 0.3 is 0 Å². The van der Waals surface area contributed by atoms with Crippen molar-refractivity contribution in [2.75, 3.05) is 19.8 Å². The van der Waals surface area contributed by atoms with Crippen molar-refractivity contribution < 1.29 is 4.74 Å². The fourth-order valence-electron chi connectivity index (χ4n) is 2.98.